The normalized spacial score (nSPS) is 25.1. The summed E-state index contributed by atoms with van der Waals surface area (Å²) < 4.78 is 0. The van der Waals surface area contributed by atoms with Crippen LogP contribution in [0.5, 0.6) is 0 Å². The monoisotopic (exact) mass is 318 g/mol. The summed E-state index contributed by atoms with van der Waals surface area (Å²) in [4.78, 5) is 18.2. The van der Waals surface area contributed by atoms with Crippen molar-refractivity contribution < 1.29 is 15.0 Å². The van der Waals surface area contributed by atoms with E-state index in [0.717, 1.165) is 10.7 Å². The standard InChI is InChI=1S/C16H18N2O3S/c19-13-6-8-18(15-17-7-9-22-15)11-16(13,14(20)21)10-12-4-2-1-3-5-12/h1-5,7,9,13,19H,6,8,10-11H2,(H,20,21)/t13-,16-/m1/s1. The van der Waals surface area contributed by atoms with Crippen LogP contribution in [0.15, 0.2) is 41.9 Å². The number of hydrogen-bond acceptors (Lipinski definition) is 5. The number of hydrogen-bond donors (Lipinski definition) is 2. The van der Waals surface area contributed by atoms with Crippen LogP contribution in [0.3, 0.4) is 0 Å². The number of nitrogens with zero attached hydrogens (tertiary/aromatic N) is 2. The van der Waals surface area contributed by atoms with E-state index in [0.29, 0.717) is 19.4 Å². The molecule has 2 heterocycles. The molecule has 116 valence electrons. The average Bonchev–Trinajstić information content (AvgIpc) is 3.05. The maximum absolute atomic E-state index is 12.0. The van der Waals surface area contributed by atoms with Gasteiger partial charge in [-0.15, -0.1) is 11.3 Å². The van der Waals surface area contributed by atoms with E-state index >= 15 is 0 Å². The summed E-state index contributed by atoms with van der Waals surface area (Å²) in [6.07, 6.45) is 1.59. The molecule has 0 spiro atoms. The number of rotatable bonds is 4. The lowest BCUT2D eigenvalue weighted by molar-refractivity contribution is -0.157. The summed E-state index contributed by atoms with van der Waals surface area (Å²) in [5.41, 5.74) is -0.282. The minimum absolute atomic E-state index is 0.270. The molecule has 2 N–H and O–H groups in total. The van der Waals surface area contributed by atoms with Crippen molar-refractivity contribution >= 4 is 22.4 Å². The molecule has 1 saturated heterocycles. The van der Waals surface area contributed by atoms with Crippen molar-refractivity contribution in [2.24, 2.45) is 5.41 Å². The van der Waals surface area contributed by atoms with Crippen LogP contribution in [0.4, 0.5) is 5.13 Å². The fourth-order valence-corrected chi connectivity index (χ4v) is 3.70. The summed E-state index contributed by atoms with van der Waals surface area (Å²) >= 11 is 1.49. The SMILES string of the molecule is O=C(O)[C@]1(Cc2ccccc2)CN(c2nccs2)CC[C@H]1O. The van der Waals surface area contributed by atoms with Gasteiger partial charge in [-0.1, -0.05) is 30.3 Å². The van der Waals surface area contributed by atoms with Gasteiger partial charge in [0.05, 0.1) is 6.10 Å². The lowest BCUT2D eigenvalue weighted by Crippen LogP contribution is -2.57. The van der Waals surface area contributed by atoms with Crippen molar-refractivity contribution in [2.45, 2.75) is 18.9 Å². The molecule has 3 rings (SSSR count). The van der Waals surface area contributed by atoms with Gasteiger partial charge < -0.3 is 15.1 Å². The maximum Gasteiger partial charge on any atom is 0.314 e. The highest BCUT2D eigenvalue weighted by Crippen LogP contribution is 2.37. The first kappa shape index (κ1) is 15.0. The Hall–Kier alpha value is -1.92. The number of benzene rings is 1. The number of aliphatic hydroxyl groups is 1. The zero-order valence-electron chi connectivity index (χ0n) is 12.1. The molecule has 0 aliphatic carbocycles. The Balaban J connectivity index is 1.91. The molecule has 22 heavy (non-hydrogen) atoms. The van der Waals surface area contributed by atoms with Crippen LogP contribution in [0.1, 0.15) is 12.0 Å². The maximum atomic E-state index is 12.0. The summed E-state index contributed by atoms with van der Waals surface area (Å²) in [5, 5.41) is 23.0. The summed E-state index contributed by atoms with van der Waals surface area (Å²) in [5.74, 6) is -0.954. The number of aliphatic hydroxyl groups excluding tert-OH is 1. The Labute approximate surface area is 132 Å². The van der Waals surface area contributed by atoms with Gasteiger partial charge in [0, 0.05) is 24.7 Å². The van der Waals surface area contributed by atoms with Gasteiger partial charge in [-0.25, -0.2) is 4.98 Å². The quantitative estimate of drug-likeness (QED) is 0.902. The zero-order chi connectivity index (χ0) is 15.6. The fraction of sp³-hybridized carbons (Fsp3) is 0.375. The molecule has 2 aromatic rings. The molecule has 5 nitrogen and oxygen atoms in total. The summed E-state index contributed by atoms with van der Waals surface area (Å²) in [6, 6.07) is 9.48. The molecule has 1 aromatic carbocycles. The van der Waals surface area contributed by atoms with E-state index in [4.69, 9.17) is 0 Å². The zero-order valence-corrected chi connectivity index (χ0v) is 12.9. The molecular weight excluding hydrogens is 300 g/mol. The van der Waals surface area contributed by atoms with E-state index < -0.39 is 17.5 Å². The molecule has 0 unspecified atom stereocenters. The van der Waals surface area contributed by atoms with E-state index in [1.807, 2.05) is 40.6 Å². The van der Waals surface area contributed by atoms with Gasteiger partial charge in [-0.2, -0.15) is 0 Å². The number of anilines is 1. The average molecular weight is 318 g/mol. The number of piperidine rings is 1. The van der Waals surface area contributed by atoms with Crippen LogP contribution in [0.2, 0.25) is 0 Å². The number of carbonyl (C=O) groups is 1. The van der Waals surface area contributed by atoms with Gasteiger partial charge in [0.1, 0.15) is 5.41 Å². The largest absolute Gasteiger partial charge is 0.481 e. The lowest BCUT2D eigenvalue weighted by atomic mass is 9.73. The smallest absolute Gasteiger partial charge is 0.314 e. The van der Waals surface area contributed by atoms with Crippen molar-refractivity contribution in [3.8, 4) is 0 Å². The fourth-order valence-electron chi connectivity index (χ4n) is 3.03. The summed E-state index contributed by atoms with van der Waals surface area (Å²) in [7, 11) is 0. The third-order valence-corrected chi connectivity index (χ3v) is 5.09. The highest BCUT2D eigenvalue weighted by molar-refractivity contribution is 7.13. The van der Waals surface area contributed by atoms with Gasteiger partial charge in [0.15, 0.2) is 5.13 Å². The minimum Gasteiger partial charge on any atom is -0.481 e. The Morgan fingerprint density at radius 1 is 1.41 bits per heavy atom. The number of aromatic nitrogens is 1. The third-order valence-electron chi connectivity index (χ3n) is 4.26. The molecule has 1 aromatic heterocycles. The lowest BCUT2D eigenvalue weighted by Gasteiger charge is -2.43. The molecule has 1 fully saturated rings. The molecule has 1 aliphatic rings. The predicted octanol–water partition coefficient (Wildman–Crippen LogP) is 2.03. The Morgan fingerprint density at radius 3 is 2.82 bits per heavy atom. The van der Waals surface area contributed by atoms with Crippen molar-refractivity contribution in [3.63, 3.8) is 0 Å². The van der Waals surface area contributed by atoms with Crippen molar-refractivity contribution in [1.29, 1.82) is 0 Å². The van der Waals surface area contributed by atoms with Crippen LogP contribution in [-0.4, -0.2) is 40.4 Å². The highest BCUT2D eigenvalue weighted by Gasteiger charge is 2.49. The summed E-state index contributed by atoms with van der Waals surface area (Å²) in [6.45, 7) is 0.893. The van der Waals surface area contributed by atoms with E-state index in [-0.39, 0.29) is 6.54 Å². The Kier molecular flexibility index (Phi) is 4.13. The topological polar surface area (TPSA) is 73.7 Å². The Morgan fingerprint density at radius 2 is 2.18 bits per heavy atom. The molecule has 0 amide bonds. The van der Waals surface area contributed by atoms with Gasteiger partial charge in [-0.3, -0.25) is 4.79 Å². The molecule has 0 bridgehead atoms. The number of aliphatic carboxylic acids is 1. The molecule has 2 atom stereocenters. The molecule has 6 heteroatoms. The van der Waals surface area contributed by atoms with Gasteiger partial charge in [0.25, 0.3) is 0 Å². The predicted molar refractivity (Wildman–Crippen MR) is 85.2 cm³/mol. The van der Waals surface area contributed by atoms with E-state index in [1.54, 1.807) is 6.20 Å². The van der Waals surface area contributed by atoms with Crippen LogP contribution in [0, 0.1) is 5.41 Å². The Bertz CT molecular complexity index is 632. The van der Waals surface area contributed by atoms with Gasteiger partial charge in [0.2, 0.25) is 0 Å². The molecular formula is C16H18N2O3S. The van der Waals surface area contributed by atoms with Crippen molar-refractivity contribution in [2.75, 3.05) is 18.0 Å². The van der Waals surface area contributed by atoms with Crippen molar-refractivity contribution in [3.05, 3.63) is 47.5 Å². The van der Waals surface area contributed by atoms with Crippen LogP contribution >= 0.6 is 11.3 Å². The second-order valence-corrected chi connectivity index (χ2v) is 6.54. The van der Waals surface area contributed by atoms with Gasteiger partial charge in [-0.05, 0) is 18.4 Å². The second-order valence-electron chi connectivity index (χ2n) is 5.66. The first-order valence-corrected chi connectivity index (χ1v) is 8.09. The molecule has 0 radical (unpaired) electrons. The number of thiazole rings is 1. The highest BCUT2D eigenvalue weighted by atomic mass is 32.1. The van der Waals surface area contributed by atoms with E-state index in [9.17, 15) is 15.0 Å². The van der Waals surface area contributed by atoms with E-state index in [2.05, 4.69) is 4.98 Å². The first-order chi connectivity index (χ1) is 10.6. The van der Waals surface area contributed by atoms with Crippen LogP contribution < -0.4 is 4.90 Å². The first-order valence-electron chi connectivity index (χ1n) is 7.22. The third kappa shape index (κ3) is 2.71. The number of carboxylic acids is 1. The molecule has 0 saturated carbocycles. The number of carboxylic acid groups (broad SMARTS) is 1. The minimum atomic E-state index is -1.20. The van der Waals surface area contributed by atoms with Crippen LogP contribution in [0.25, 0.3) is 0 Å². The van der Waals surface area contributed by atoms with Crippen molar-refractivity contribution in [1.82, 2.24) is 4.98 Å². The second kappa shape index (κ2) is 6.06. The van der Waals surface area contributed by atoms with Crippen LogP contribution in [-0.2, 0) is 11.2 Å². The van der Waals surface area contributed by atoms with Gasteiger partial charge >= 0.3 is 5.97 Å². The molecule has 1 aliphatic heterocycles. The van der Waals surface area contributed by atoms with E-state index in [1.165, 1.54) is 11.3 Å².